The maximum atomic E-state index is 11.2. The molecular formula is C14H25NO. The van der Waals surface area contributed by atoms with Gasteiger partial charge < -0.3 is 0 Å². The van der Waals surface area contributed by atoms with Crippen LogP contribution in [0.25, 0.3) is 0 Å². The first-order chi connectivity index (χ1) is 7.66. The summed E-state index contributed by atoms with van der Waals surface area (Å²) in [5.74, 6) is 2.25. The summed E-state index contributed by atoms with van der Waals surface area (Å²) in [6, 6.07) is 0.459. The van der Waals surface area contributed by atoms with Crippen molar-refractivity contribution in [2.45, 2.75) is 58.4 Å². The Morgan fingerprint density at radius 1 is 1.25 bits per heavy atom. The smallest absolute Gasteiger partial charge is 0.131 e. The second-order valence-corrected chi connectivity index (χ2v) is 5.84. The Bertz CT molecular complexity index is 251. The molecule has 0 bridgehead atoms. The third kappa shape index (κ3) is 2.85. The number of piperidine rings is 1. The summed E-state index contributed by atoms with van der Waals surface area (Å²) >= 11 is 0. The van der Waals surface area contributed by atoms with E-state index in [-0.39, 0.29) is 0 Å². The molecule has 92 valence electrons. The van der Waals surface area contributed by atoms with Crippen LogP contribution in [-0.4, -0.2) is 29.8 Å². The van der Waals surface area contributed by atoms with E-state index in [2.05, 4.69) is 11.8 Å². The van der Waals surface area contributed by atoms with E-state index in [0.717, 1.165) is 18.3 Å². The van der Waals surface area contributed by atoms with Gasteiger partial charge in [-0.25, -0.2) is 0 Å². The number of likely N-dealkylation sites (tertiary alicyclic amines) is 1. The zero-order chi connectivity index (χ0) is 11.5. The first-order valence-electron chi connectivity index (χ1n) is 6.90. The fourth-order valence-electron chi connectivity index (χ4n) is 3.57. The lowest BCUT2D eigenvalue weighted by molar-refractivity contribution is -0.118. The van der Waals surface area contributed by atoms with Gasteiger partial charge in [-0.3, -0.25) is 9.69 Å². The van der Waals surface area contributed by atoms with Crippen LogP contribution in [0, 0.1) is 11.8 Å². The number of hydrogen-bond donors (Lipinski definition) is 0. The number of Topliss-reactive ketones (excluding diaryl/α,β-unsaturated/α-hetero) is 1. The average Bonchev–Trinajstić information content (AvgIpc) is 2.27. The monoisotopic (exact) mass is 223 g/mol. The van der Waals surface area contributed by atoms with E-state index in [1.807, 2.05) is 0 Å². The van der Waals surface area contributed by atoms with Crippen molar-refractivity contribution in [3.63, 3.8) is 0 Å². The van der Waals surface area contributed by atoms with Gasteiger partial charge in [-0.15, -0.1) is 0 Å². The van der Waals surface area contributed by atoms with Gasteiger partial charge in [0.05, 0.1) is 0 Å². The number of carbonyl (C=O) groups excluding carboxylic acids is 1. The predicted molar refractivity (Wildman–Crippen MR) is 66.4 cm³/mol. The molecule has 2 fully saturated rings. The molecule has 1 aliphatic heterocycles. The molecule has 0 N–H and O–H groups in total. The van der Waals surface area contributed by atoms with Crippen molar-refractivity contribution in [2.75, 3.05) is 13.1 Å². The topological polar surface area (TPSA) is 20.3 Å². The second-order valence-electron chi connectivity index (χ2n) is 5.84. The molecule has 2 rings (SSSR count). The van der Waals surface area contributed by atoms with Crippen LogP contribution < -0.4 is 0 Å². The Labute approximate surface area is 99.4 Å². The van der Waals surface area contributed by atoms with Gasteiger partial charge in [0.25, 0.3) is 0 Å². The van der Waals surface area contributed by atoms with Gasteiger partial charge in [0.1, 0.15) is 5.78 Å². The molecule has 16 heavy (non-hydrogen) atoms. The van der Waals surface area contributed by atoms with Crippen LogP contribution in [0.5, 0.6) is 0 Å². The zero-order valence-corrected chi connectivity index (χ0v) is 10.7. The lowest BCUT2D eigenvalue weighted by atomic mass is 9.75. The summed E-state index contributed by atoms with van der Waals surface area (Å²) in [7, 11) is 0. The molecule has 0 spiro atoms. The standard InChI is InChI=1S/C14H25NO/c1-11(9-12(2)16)15-8-7-13-5-3-4-6-14(13)10-15/h11,13-14H,3-10H2,1-2H3. The fourth-order valence-corrected chi connectivity index (χ4v) is 3.57. The number of ketones is 1. The van der Waals surface area contributed by atoms with E-state index in [1.54, 1.807) is 6.92 Å². The molecular weight excluding hydrogens is 198 g/mol. The first-order valence-corrected chi connectivity index (χ1v) is 6.90. The second kappa shape index (κ2) is 5.31. The van der Waals surface area contributed by atoms with Crippen LogP contribution in [-0.2, 0) is 4.79 Å². The molecule has 1 saturated heterocycles. The molecule has 1 heterocycles. The van der Waals surface area contributed by atoms with E-state index in [0.29, 0.717) is 11.8 Å². The van der Waals surface area contributed by atoms with E-state index in [1.165, 1.54) is 45.2 Å². The summed E-state index contributed by atoms with van der Waals surface area (Å²) in [5.41, 5.74) is 0. The Morgan fingerprint density at radius 2 is 1.94 bits per heavy atom. The zero-order valence-electron chi connectivity index (χ0n) is 10.7. The molecule has 0 aromatic carbocycles. The normalized spacial score (nSPS) is 33.1. The number of fused-ring (bicyclic) bond motifs is 1. The van der Waals surface area contributed by atoms with Crippen molar-refractivity contribution in [1.29, 1.82) is 0 Å². The molecule has 3 atom stereocenters. The van der Waals surface area contributed by atoms with E-state index >= 15 is 0 Å². The van der Waals surface area contributed by atoms with Gasteiger partial charge >= 0.3 is 0 Å². The molecule has 1 aliphatic carbocycles. The summed E-state index contributed by atoms with van der Waals surface area (Å²) in [6.45, 7) is 6.39. The fraction of sp³-hybridized carbons (Fsp3) is 0.929. The van der Waals surface area contributed by atoms with Crippen LogP contribution >= 0.6 is 0 Å². The van der Waals surface area contributed by atoms with Crippen LogP contribution in [0.4, 0.5) is 0 Å². The van der Waals surface area contributed by atoms with Crippen molar-refractivity contribution in [3.8, 4) is 0 Å². The molecule has 0 aromatic rings. The summed E-state index contributed by atoms with van der Waals surface area (Å²) in [4.78, 5) is 13.7. The van der Waals surface area contributed by atoms with Crippen molar-refractivity contribution < 1.29 is 4.79 Å². The third-order valence-electron chi connectivity index (χ3n) is 4.53. The molecule has 1 saturated carbocycles. The molecule has 2 heteroatoms. The number of rotatable bonds is 3. The third-order valence-corrected chi connectivity index (χ3v) is 4.53. The molecule has 3 unspecified atom stereocenters. The van der Waals surface area contributed by atoms with Crippen molar-refractivity contribution in [1.82, 2.24) is 4.90 Å². The highest BCUT2D eigenvalue weighted by Crippen LogP contribution is 2.36. The number of hydrogen-bond acceptors (Lipinski definition) is 2. The molecule has 2 nitrogen and oxygen atoms in total. The average molecular weight is 223 g/mol. The maximum Gasteiger partial charge on any atom is 0.131 e. The lowest BCUT2D eigenvalue weighted by Gasteiger charge is -2.43. The highest BCUT2D eigenvalue weighted by molar-refractivity contribution is 5.76. The minimum absolute atomic E-state index is 0.332. The quantitative estimate of drug-likeness (QED) is 0.733. The SMILES string of the molecule is CC(=O)CC(C)N1CCC2CCCCC2C1. The summed E-state index contributed by atoms with van der Waals surface area (Å²) < 4.78 is 0. The van der Waals surface area contributed by atoms with E-state index < -0.39 is 0 Å². The van der Waals surface area contributed by atoms with Crippen molar-refractivity contribution in [3.05, 3.63) is 0 Å². The van der Waals surface area contributed by atoms with Crippen molar-refractivity contribution in [2.24, 2.45) is 11.8 Å². The highest BCUT2D eigenvalue weighted by Gasteiger charge is 2.32. The van der Waals surface area contributed by atoms with Crippen LogP contribution in [0.2, 0.25) is 0 Å². The molecule has 0 amide bonds. The Kier molecular flexibility index (Phi) is 4.01. The number of nitrogens with zero attached hydrogens (tertiary/aromatic N) is 1. The van der Waals surface area contributed by atoms with Crippen LogP contribution in [0.3, 0.4) is 0 Å². The van der Waals surface area contributed by atoms with E-state index in [4.69, 9.17) is 0 Å². The minimum atomic E-state index is 0.332. The van der Waals surface area contributed by atoms with Crippen LogP contribution in [0.15, 0.2) is 0 Å². The summed E-state index contributed by atoms with van der Waals surface area (Å²) in [6.07, 6.45) is 7.86. The Balaban J connectivity index is 1.86. The van der Waals surface area contributed by atoms with Gasteiger partial charge in [0, 0.05) is 19.0 Å². The molecule has 0 aromatic heterocycles. The largest absolute Gasteiger partial charge is 0.300 e. The van der Waals surface area contributed by atoms with Crippen molar-refractivity contribution >= 4 is 5.78 Å². The summed E-state index contributed by atoms with van der Waals surface area (Å²) in [5, 5.41) is 0. The lowest BCUT2D eigenvalue weighted by Crippen LogP contribution is -2.46. The predicted octanol–water partition coefficient (Wildman–Crippen LogP) is 2.87. The molecule has 0 radical (unpaired) electrons. The number of carbonyl (C=O) groups is 1. The molecule has 2 aliphatic rings. The van der Waals surface area contributed by atoms with Gasteiger partial charge in [-0.1, -0.05) is 19.3 Å². The maximum absolute atomic E-state index is 11.2. The van der Waals surface area contributed by atoms with Gasteiger partial charge in [0.2, 0.25) is 0 Å². The Hall–Kier alpha value is -0.370. The van der Waals surface area contributed by atoms with Gasteiger partial charge in [0.15, 0.2) is 0 Å². The minimum Gasteiger partial charge on any atom is -0.300 e. The first kappa shape index (κ1) is 12.1. The van der Waals surface area contributed by atoms with Crippen LogP contribution in [0.1, 0.15) is 52.4 Å². The van der Waals surface area contributed by atoms with Gasteiger partial charge in [-0.05, 0) is 45.1 Å². The Morgan fingerprint density at radius 3 is 2.62 bits per heavy atom. The van der Waals surface area contributed by atoms with Gasteiger partial charge in [-0.2, -0.15) is 0 Å². The van der Waals surface area contributed by atoms with E-state index in [9.17, 15) is 4.79 Å². The highest BCUT2D eigenvalue weighted by atomic mass is 16.1.